The fourth-order valence-corrected chi connectivity index (χ4v) is 4.50. The Balaban J connectivity index is 1.72. The molecule has 0 unspecified atom stereocenters. The number of amides is 1. The Bertz CT molecular complexity index is 1310. The van der Waals surface area contributed by atoms with E-state index in [-0.39, 0.29) is 17.9 Å². The Morgan fingerprint density at radius 1 is 1.16 bits per heavy atom. The van der Waals surface area contributed by atoms with Crippen molar-refractivity contribution < 1.29 is 23.5 Å². The highest BCUT2D eigenvalue weighted by atomic mass is 32.1. The first kappa shape index (κ1) is 21.6. The van der Waals surface area contributed by atoms with Crippen LogP contribution < -0.4 is 10.1 Å². The molecular weight excluding hydrogens is 431 g/mol. The van der Waals surface area contributed by atoms with Crippen molar-refractivity contribution in [3.8, 4) is 16.9 Å². The van der Waals surface area contributed by atoms with Gasteiger partial charge in [-0.2, -0.15) is 0 Å². The van der Waals surface area contributed by atoms with Gasteiger partial charge in [0.25, 0.3) is 5.91 Å². The van der Waals surface area contributed by atoms with Gasteiger partial charge in [-0.1, -0.05) is 18.2 Å². The molecule has 0 bridgehead atoms. The summed E-state index contributed by atoms with van der Waals surface area (Å²) in [7, 11) is 3.27. The summed E-state index contributed by atoms with van der Waals surface area (Å²) >= 11 is 1.23. The number of benzene rings is 2. The normalized spacial score (nSPS) is 10.9. The molecule has 1 amide bonds. The van der Waals surface area contributed by atoms with E-state index in [9.17, 15) is 14.0 Å². The summed E-state index contributed by atoms with van der Waals surface area (Å²) in [5, 5.41) is 5.33. The zero-order valence-electron chi connectivity index (χ0n) is 17.8. The molecule has 2 heterocycles. The number of hydrogen-bond acceptors (Lipinski definition) is 5. The van der Waals surface area contributed by atoms with Gasteiger partial charge in [0, 0.05) is 23.4 Å². The van der Waals surface area contributed by atoms with Gasteiger partial charge in [0.15, 0.2) is 0 Å². The Morgan fingerprint density at radius 3 is 2.56 bits per heavy atom. The molecule has 4 rings (SSSR count). The summed E-state index contributed by atoms with van der Waals surface area (Å²) in [6.45, 7) is 1.92. The number of nitrogens with zero attached hydrogens (tertiary/aromatic N) is 1. The van der Waals surface area contributed by atoms with Gasteiger partial charge in [-0.25, -0.2) is 9.18 Å². The first-order chi connectivity index (χ1) is 15.4. The predicted octanol–water partition coefficient (Wildman–Crippen LogP) is 5.48. The average Bonchev–Trinajstić information content (AvgIpc) is 3.36. The highest BCUT2D eigenvalue weighted by molar-refractivity contribution is 7.15. The van der Waals surface area contributed by atoms with Gasteiger partial charge in [-0.15, -0.1) is 11.3 Å². The van der Waals surface area contributed by atoms with Crippen LogP contribution in [0, 0.1) is 5.82 Å². The van der Waals surface area contributed by atoms with Crippen LogP contribution in [0.2, 0.25) is 0 Å². The first-order valence-electron chi connectivity index (χ1n) is 9.93. The molecule has 0 aliphatic heterocycles. The summed E-state index contributed by atoms with van der Waals surface area (Å²) in [4.78, 5) is 25.8. The van der Waals surface area contributed by atoms with Crippen molar-refractivity contribution in [1.82, 2.24) is 4.57 Å². The third-order valence-corrected chi connectivity index (χ3v) is 6.06. The second-order valence-corrected chi connectivity index (χ2v) is 7.90. The Hall–Kier alpha value is -3.65. The van der Waals surface area contributed by atoms with E-state index in [0.29, 0.717) is 27.2 Å². The molecule has 32 heavy (non-hydrogen) atoms. The lowest BCUT2D eigenvalue weighted by Crippen LogP contribution is -2.17. The number of anilines is 1. The number of ether oxygens (including phenoxy) is 2. The fraction of sp³-hybridized carbons (Fsp3) is 0.167. The van der Waals surface area contributed by atoms with E-state index in [4.69, 9.17) is 9.47 Å². The Kier molecular flexibility index (Phi) is 5.96. The number of esters is 1. The number of carbonyl (C=O) groups is 2. The molecule has 0 radical (unpaired) electrons. The average molecular weight is 453 g/mol. The monoisotopic (exact) mass is 452 g/mol. The van der Waals surface area contributed by atoms with Crippen LogP contribution in [0.1, 0.15) is 27.8 Å². The van der Waals surface area contributed by atoms with E-state index in [0.717, 1.165) is 5.56 Å². The molecule has 0 spiro atoms. The van der Waals surface area contributed by atoms with Crippen molar-refractivity contribution in [3.63, 3.8) is 0 Å². The highest BCUT2D eigenvalue weighted by Crippen LogP contribution is 2.37. The minimum atomic E-state index is -0.530. The van der Waals surface area contributed by atoms with Crippen molar-refractivity contribution in [2.75, 3.05) is 19.0 Å². The molecule has 0 fully saturated rings. The summed E-state index contributed by atoms with van der Waals surface area (Å²) in [6, 6.07) is 13.5. The van der Waals surface area contributed by atoms with Crippen molar-refractivity contribution in [1.29, 1.82) is 0 Å². The number of carbonyl (C=O) groups excluding carboxylic acids is 2. The van der Waals surface area contributed by atoms with Crippen LogP contribution in [0.25, 0.3) is 22.0 Å². The fourth-order valence-electron chi connectivity index (χ4n) is 3.55. The number of thiophene rings is 1. The van der Waals surface area contributed by atoms with E-state index < -0.39 is 17.7 Å². The number of aryl methyl sites for hydroxylation is 1. The minimum Gasteiger partial charge on any atom is -0.497 e. The summed E-state index contributed by atoms with van der Waals surface area (Å²) in [5.41, 5.74) is 2.59. The third-order valence-electron chi connectivity index (χ3n) is 5.16. The largest absolute Gasteiger partial charge is 0.497 e. The molecule has 4 aromatic rings. The lowest BCUT2D eigenvalue weighted by Gasteiger charge is -2.10. The maximum Gasteiger partial charge on any atom is 0.341 e. The van der Waals surface area contributed by atoms with Crippen LogP contribution in [0.4, 0.5) is 9.39 Å². The number of nitrogens with one attached hydrogen (secondary N) is 1. The molecule has 0 saturated heterocycles. The molecular formula is C24H21FN2O4S. The third kappa shape index (κ3) is 3.85. The van der Waals surface area contributed by atoms with E-state index in [2.05, 4.69) is 5.32 Å². The first-order valence-corrected chi connectivity index (χ1v) is 10.8. The molecule has 0 saturated carbocycles. The molecule has 6 nitrogen and oxygen atoms in total. The summed E-state index contributed by atoms with van der Waals surface area (Å²) < 4.78 is 26.2. The molecule has 0 atom stereocenters. The van der Waals surface area contributed by atoms with Gasteiger partial charge < -0.3 is 19.4 Å². The number of halogens is 1. The Morgan fingerprint density at radius 2 is 1.91 bits per heavy atom. The molecule has 0 aliphatic rings. The zero-order valence-corrected chi connectivity index (χ0v) is 18.6. The van der Waals surface area contributed by atoms with Crippen LogP contribution in [0.5, 0.6) is 5.75 Å². The second-order valence-electron chi connectivity index (χ2n) is 7.02. The van der Waals surface area contributed by atoms with Crippen molar-refractivity contribution in [2.24, 2.45) is 7.05 Å². The molecule has 8 heteroatoms. The van der Waals surface area contributed by atoms with Crippen LogP contribution in [0.15, 0.2) is 53.9 Å². The van der Waals surface area contributed by atoms with E-state index >= 15 is 0 Å². The molecule has 1 N–H and O–H groups in total. The van der Waals surface area contributed by atoms with Crippen molar-refractivity contribution >= 4 is 39.1 Å². The molecule has 164 valence electrons. The molecule has 0 aliphatic carbocycles. The Labute approximate surface area is 188 Å². The van der Waals surface area contributed by atoms with Crippen molar-refractivity contribution in [3.05, 3.63) is 71.0 Å². The zero-order chi connectivity index (χ0) is 22.8. The summed E-state index contributed by atoms with van der Waals surface area (Å²) in [6.07, 6.45) is 0. The topological polar surface area (TPSA) is 69.6 Å². The van der Waals surface area contributed by atoms with Gasteiger partial charge in [0.1, 0.15) is 27.8 Å². The summed E-state index contributed by atoms with van der Waals surface area (Å²) in [5.74, 6) is -0.685. The van der Waals surface area contributed by atoms with Gasteiger partial charge in [-0.05, 0) is 42.8 Å². The van der Waals surface area contributed by atoms with Gasteiger partial charge in [0.2, 0.25) is 0 Å². The van der Waals surface area contributed by atoms with E-state index in [1.165, 1.54) is 23.5 Å². The van der Waals surface area contributed by atoms with Crippen LogP contribution >= 0.6 is 11.3 Å². The maximum absolute atomic E-state index is 14.2. The van der Waals surface area contributed by atoms with Gasteiger partial charge >= 0.3 is 5.97 Å². The van der Waals surface area contributed by atoms with Crippen LogP contribution in [-0.4, -0.2) is 30.2 Å². The standard InChI is InChI=1S/C24H21FN2O4S/c1-4-31-24(29)21-17(14-8-10-15(30-3)11-9-14)13-32-23(21)26-22(28)20-12-16-18(25)6-5-7-19(16)27(20)2/h5-13H,4H2,1-3H3,(H,26,28). The van der Waals surface area contributed by atoms with Gasteiger partial charge in [0.05, 0.1) is 19.2 Å². The smallest absolute Gasteiger partial charge is 0.341 e. The number of hydrogen-bond donors (Lipinski definition) is 1. The highest BCUT2D eigenvalue weighted by Gasteiger charge is 2.24. The second kappa shape index (κ2) is 8.84. The lowest BCUT2D eigenvalue weighted by atomic mass is 10.0. The maximum atomic E-state index is 14.2. The lowest BCUT2D eigenvalue weighted by molar-refractivity contribution is 0.0529. The number of methoxy groups -OCH3 is 1. The van der Waals surface area contributed by atoms with Crippen molar-refractivity contribution in [2.45, 2.75) is 6.92 Å². The SMILES string of the molecule is CCOC(=O)c1c(-c2ccc(OC)cc2)csc1NC(=O)c1cc2c(F)cccc2n1C. The number of aromatic nitrogens is 1. The quantitative estimate of drug-likeness (QED) is 0.393. The molecule has 2 aromatic heterocycles. The van der Waals surface area contributed by atoms with Crippen LogP contribution in [0.3, 0.4) is 0 Å². The predicted molar refractivity (Wildman–Crippen MR) is 123 cm³/mol. The number of rotatable bonds is 6. The van der Waals surface area contributed by atoms with E-state index in [1.54, 1.807) is 55.3 Å². The minimum absolute atomic E-state index is 0.201. The van der Waals surface area contributed by atoms with Gasteiger partial charge in [-0.3, -0.25) is 4.79 Å². The van der Waals surface area contributed by atoms with E-state index in [1.807, 2.05) is 12.1 Å². The number of fused-ring (bicyclic) bond motifs is 1. The van der Waals surface area contributed by atoms with Crippen LogP contribution in [-0.2, 0) is 11.8 Å². The molecule has 2 aromatic carbocycles.